The van der Waals surface area contributed by atoms with E-state index in [0.29, 0.717) is 22.8 Å². The Morgan fingerprint density at radius 1 is 1.58 bits per heavy atom. The highest BCUT2D eigenvalue weighted by molar-refractivity contribution is 5.90. The van der Waals surface area contributed by atoms with E-state index in [-0.39, 0.29) is 5.97 Å². The number of carbonyl (C=O) groups excluding carboxylic acids is 1. The van der Waals surface area contributed by atoms with Crippen molar-refractivity contribution in [3.05, 3.63) is 42.5 Å². The molecule has 0 saturated heterocycles. The van der Waals surface area contributed by atoms with Gasteiger partial charge in [0.2, 0.25) is 0 Å². The number of aromatic nitrogens is 2. The van der Waals surface area contributed by atoms with Gasteiger partial charge in [-0.1, -0.05) is 6.58 Å². The third kappa shape index (κ3) is 2.85. The maximum Gasteiger partial charge on any atom is 0.338 e. The number of pyridine rings is 1. The van der Waals surface area contributed by atoms with E-state index < -0.39 is 0 Å². The van der Waals surface area contributed by atoms with Crippen LogP contribution < -0.4 is 10.6 Å². The predicted octanol–water partition coefficient (Wildman–Crippen LogP) is 1.61. The normalized spacial score (nSPS) is 10.2. The molecule has 0 aromatic carbocycles. The van der Waals surface area contributed by atoms with Crippen molar-refractivity contribution in [1.29, 1.82) is 0 Å². The van der Waals surface area contributed by atoms with E-state index in [1.807, 2.05) is 17.5 Å². The van der Waals surface area contributed by atoms with Crippen molar-refractivity contribution in [2.45, 2.75) is 6.92 Å². The van der Waals surface area contributed by atoms with Crippen LogP contribution in [0.2, 0.25) is 0 Å². The van der Waals surface area contributed by atoms with Crippen LogP contribution in [0.15, 0.2) is 36.9 Å². The van der Waals surface area contributed by atoms with Gasteiger partial charge in [0.15, 0.2) is 5.82 Å². The van der Waals surface area contributed by atoms with Crippen molar-refractivity contribution >= 4 is 17.4 Å². The first-order chi connectivity index (χ1) is 9.13. The fourth-order valence-corrected chi connectivity index (χ4v) is 1.70. The standard InChI is InChI=1S/C13H16N4O2/c1-4-14-9(2)15-11-8-17-6-5-10(13(18)19-3)7-12(17)16-11/h5-8,14-15H,2,4H2,1,3H3. The quantitative estimate of drug-likeness (QED) is 0.799. The molecule has 0 spiro atoms. The zero-order chi connectivity index (χ0) is 13.8. The number of nitrogens with zero attached hydrogens (tertiary/aromatic N) is 2. The molecule has 0 saturated carbocycles. The minimum absolute atomic E-state index is 0.378. The van der Waals surface area contributed by atoms with Crippen LogP contribution in [-0.4, -0.2) is 29.0 Å². The van der Waals surface area contributed by atoms with Gasteiger partial charge in [0.1, 0.15) is 5.65 Å². The monoisotopic (exact) mass is 260 g/mol. The number of rotatable bonds is 5. The maximum atomic E-state index is 11.4. The summed E-state index contributed by atoms with van der Waals surface area (Å²) in [7, 11) is 1.35. The topological polar surface area (TPSA) is 67.7 Å². The van der Waals surface area contributed by atoms with E-state index in [9.17, 15) is 4.79 Å². The average molecular weight is 260 g/mol. The minimum atomic E-state index is -0.378. The highest BCUT2D eigenvalue weighted by atomic mass is 16.5. The van der Waals surface area contributed by atoms with Crippen molar-refractivity contribution in [3.63, 3.8) is 0 Å². The third-order valence-electron chi connectivity index (χ3n) is 2.55. The number of anilines is 1. The van der Waals surface area contributed by atoms with Crippen molar-refractivity contribution in [3.8, 4) is 0 Å². The lowest BCUT2D eigenvalue weighted by atomic mass is 10.3. The molecule has 100 valence electrons. The first kappa shape index (κ1) is 12.9. The van der Waals surface area contributed by atoms with Gasteiger partial charge in [-0.05, 0) is 19.1 Å². The van der Waals surface area contributed by atoms with E-state index in [4.69, 9.17) is 0 Å². The zero-order valence-electron chi connectivity index (χ0n) is 10.9. The van der Waals surface area contributed by atoms with Crippen molar-refractivity contribution in [2.24, 2.45) is 0 Å². The number of nitrogens with one attached hydrogen (secondary N) is 2. The summed E-state index contributed by atoms with van der Waals surface area (Å²) in [5.74, 6) is 0.962. The largest absolute Gasteiger partial charge is 0.465 e. The van der Waals surface area contributed by atoms with Gasteiger partial charge < -0.3 is 19.8 Å². The van der Waals surface area contributed by atoms with E-state index >= 15 is 0 Å². The SMILES string of the molecule is C=C(NCC)Nc1cn2ccc(C(=O)OC)cc2n1. The number of esters is 1. The molecule has 0 aliphatic carbocycles. The fraction of sp³-hybridized carbons (Fsp3) is 0.231. The van der Waals surface area contributed by atoms with E-state index in [1.165, 1.54) is 7.11 Å². The summed E-state index contributed by atoms with van der Waals surface area (Å²) in [6.45, 7) is 6.59. The molecule has 2 aromatic rings. The second-order valence-electron chi connectivity index (χ2n) is 3.93. The first-order valence-corrected chi connectivity index (χ1v) is 5.91. The Hall–Kier alpha value is -2.50. The molecule has 2 aromatic heterocycles. The molecule has 0 atom stereocenters. The van der Waals surface area contributed by atoms with Gasteiger partial charge in [-0.15, -0.1) is 0 Å². The van der Waals surface area contributed by atoms with E-state index in [1.54, 1.807) is 18.3 Å². The zero-order valence-corrected chi connectivity index (χ0v) is 10.9. The third-order valence-corrected chi connectivity index (χ3v) is 2.55. The van der Waals surface area contributed by atoms with Gasteiger partial charge in [0, 0.05) is 12.7 Å². The Labute approximate surface area is 111 Å². The van der Waals surface area contributed by atoms with Crippen molar-refractivity contribution in [2.75, 3.05) is 19.0 Å². The molecule has 0 amide bonds. The summed E-state index contributed by atoms with van der Waals surface area (Å²) >= 11 is 0. The molecule has 6 nitrogen and oxygen atoms in total. The number of carbonyl (C=O) groups is 1. The lowest BCUT2D eigenvalue weighted by Gasteiger charge is -2.06. The summed E-state index contributed by atoms with van der Waals surface area (Å²) in [6, 6.07) is 3.36. The molecule has 6 heteroatoms. The summed E-state index contributed by atoms with van der Waals surface area (Å²) in [6.07, 6.45) is 3.58. The van der Waals surface area contributed by atoms with Crippen LogP contribution in [0.4, 0.5) is 5.82 Å². The maximum absolute atomic E-state index is 11.4. The Bertz CT molecular complexity index is 618. The van der Waals surface area contributed by atoms with Crippen LogP contribution in [0.1, 0.15) is 17.3 Å². The lowest BCUT2D eigenvalue weighted by Crippen LogP contribution is -2.17. The van der Waals surface area contributed by atoms with Gasteiger partial charge in [0.05, 0.1) is 24.7 Å². The molecule has 2 heterocycles. The lowest BCUT2D eigenvalue weighted by molar-refractivity contribution is 0.0600. The van der Waals surface area contributed by atoms with E-state index in [0.717, 1.165) is 6.54 Å². The molecule has 0 aliphatic rings. The molecular weight excluding hydrogens is 244 g/mol. The Morgan fingerprint density at radius 3 is 3.05 bits per heavy atom. The summed E-state index contributed by atoms with van der Waals surface area (Å²) in [5, 5.41) is 6.09. The predicted molar refractivity (Wildman–Crippen MR) is 73.0 cm³/mol. The second-order valence-corrected chi connectivity index (χ2v) is 3.93. The summed E-state index contributed by atoms with van der Waals surface area (Å²) in [5.41, 5.74) is 1.13. The number of hydrogen-bond donors (Lipinski definition) is 2. The smallest absolute Gasteiger partial charge is 0.338 e. The molecule has 19 heavy (non-hydrogen) atoms. The number of hydrogen-bond acceptors (Lipinski definition) is 5. The number of ether oxygens (including phenoxy) is 1. The van der Waals surface area contributed by atoms with Gasteiger partial charge in [0.25, 0.3) is 0 Å². The van der Waals surface area contributed by atoms with Gasteiger partial charge in [-0.25, -0.2) is 9.78 Å². The number of methoxy groups -OCH3 is 1. The Kier molecular flexibility index (Phi) is 3.70. The first-order valence-electron chi connectivity index (χ1n) is 5.91. The van der Waals surface area contributed by atoms with Gasteiger partial charge in [-0.2, -0.15) is 0 Å². The van der Waals surface area contributed by atoms with E-state index in [2.05, 4.69) is 26.9 Å². The van der Waals surface area contributed by atoms with Crippen molar-refractivity contribution in [1.82, 2.24) is 14.7 Å². The van der Waals surface area contributed by atoms with Gasteiger partial charge >= 0.3 is 5.97 Å². The highest BCUT2D eigenvalue weighted by Crippen LogP contribution is 2.13. The average Bonchev–Trinajstić information content (AvgIpc) is 2.78. The Morgan fingerprint density at radius 2 is 2.37 bits per heavy atom. The molecular formula is C13H16N4O2. The van der Waals surface area contributed by atoms with Crippen LogP contribution in [0.3, 0.4) is 0 Å². The summed E-state index contributed by atoms with van der Waals surface area (Å²) < 4.78 is 6.49. The Balaban J connectivity index is 2.25. The molecule has 0 bridgehead atoms. The number of imidazole rings is 1. The van der Waals surface area contributed by atoms with Crippen LogP contribution in [0.5, 0.6) is 0 Å². The molecule has 0 unspecified atom stereocenters. The van der Waals surface area contributed by atoms with Crippen LogP contribution in [0.25, 0.3) is 5.65 Å². The fourth-order valence-electron chi connectivity index (χ4n) is 1.70. The minimum Gasteiger partial charge on any atom is -0.465 e. The van der Waals surface area contributed by atoms with Gasteiger partial charge in [-0.3, -0.25) is 0 Å². The highest BCUT2D eigenvalue weighted by Gasteiger charge is 2.08. The van der Waals surface area contributed by atoms with Crippen LogP contribution in [-0.2, 0) is 4.74 Å². The van der Waals surface area contributed by atoms with Crippen molar-refractivity contribution < 1.29 is 9.53 Å². The molecule has 2 N–H and O–H groups in total. The molecule has 0 aliphatic heterocycles. The van der Waals surface area contributed by atoms with Crippen LogP contribution >= 0.6 is 0 Å². The summed E-state index contributed by atoms with van der Waals surface area (Å²) in [4.78, 5) is 15.8. The molecule has 2 rings (SSSR count). The molecule has 0 radical (unpaired) electrons. The number of fused-ring (bicyclic) bond motifs is 1. The molecule has 0 fully saturated rings. The van der Waals surface area contributed by atoms with Crippen LogP contribution in [0, 0.1) is 0 Å². The second kappa shape index (κ2) is 5.43.